The molecule has 13 nitrogen and oxygen atoms in total. The maximum absolute atomic E-state index is 13.1. The molecule has 0 heterocycles. The first kappa shape index (κ1) is 32.9. The Morgan fingerprint density at radius 3 is 1.97 bits per heavy atom. The second-order valence-corrected chi connectivity index (χ2v) is 8.01. The Balaban J connectivity index is 4.86. The third kappa shape index (κ3) is 17.9. The number of hydrogen-bond acceptors (Lipinski definition) is 8. The summed E-state index contributed by atoms with van der Waals surface area (Å²) in [6.07, 6.45) is 1.34. The molecule has 0 aromatic carbocycles. The van der Waals surface area contributed by atoms with Gasteiger partial charge in [-0.05, 0) is 6.42 Å². The van der Waals surface area contributed by atoms with Gasteiger partial charge in [-0.3, -0.25) is 24.0 Å². The van der Waals surface area contributed by atoms with Crippen LogP contribution in [0.5, 0.6) is 0 Å². The fourth-order valence-electron chi connectivity index (χ4n) is 2.61. The van der Waals surface area contributed by atoms with Gasteiger partial charge in [0.2, 0.25) is 30.0 Å². The molecular weight excluding hydrogens is 598 g/mol. The van der Waals surface area contributed by atoms with Crippen molar-refractivity contribution in [2.24, 2.45) is 0 Å². The third-order valence-electron chi connectivity index (χ3n) is 4.25. The number of carbonyl (C=O) groups excluding carboxylic acids is 6. The van der Waals surface area contributed by atoms with E-state index in [1.54, 1.807) is 0 Å². The van der Waals surface area contributed by atoms with Crippen LogP contribution in [0.25, 0.3) is 0 Å². The minimum Gasteiger partial charge on any atom is -0.377 e. The van der Waals surface area contributed by atoms with E-state index in [1.165, 1.54) is 4.90 Å². The fraction of sp³-hybridized carbons (Fsp3) is 0.700. The van der Waals surface area contributed by atoms with E-state index in [-0.39, 0.29) is 81.3 Å². The van der Waals surface area contributed by atoms with Crippen molar-refractivity contribution in [3.8, 4) is 0 Å². The lowest BCUT2D eigenvalue weighted by Crippen LogP contribution is -2.52. The van der Waals surface area contributed by atoms with Crippen LogP contribution in [0.1, 0.15) is 12.8 Å². The van der Waals surface area contributed by atoms with E-state index >= 15 is 0 Å². The number of halogens is 2. The minimum absolute atomic E-state index is 0.0503. The van der Waals surface area contributed by atoms with Gasteiger partial charge in [-0.25, -0.2) is 0 Å². The topological polar surface area (TPSA) is 172 Å². The van der Waals surface area contributed by atoms with Gasteiger partial charge in [0.15, 0.2) is 0 Å². The summed E-state index contributed by atoms with van der Waals surface area (Å²) < 4.78 is 10.4. The molecule has 35 heavy (non-hydrogen) atoms. The molecule has 0 spiro atoms. The molecule has 0 bridgehead atoms. The number of aldehydes is 1. The maximum atomic E-state index is 13.1. The first-order valence-corrected chi connectivity index (χ1v) is 13.1. The van der Waals surface area contributed by atoms with Gasteiger partial charge in [0.05, 0.1) is 30.5 Å². The van der Waals surface area contributed by atoms with Crippen LogP contribution in [0.15, 0.2) is 0 Å². The molecule has 15 heteroatoms. The first-order valence-electron chi connectivity index (χ1n) is 10.9. The summed E-state index contributed by atoms with van der Waals surface area (Å²) in [6.45, 7) is 1.32. The van der Waals surface area contributed by atoms with E-state index < -0.39 is 17.9 Å². The van der Waals surface area contributed by atoms with Gasteiger partial charge < -0.3 is 40.4 Å². The molecule has 0 rings (SSSR count). The third-order valence-corrected chi connectivity index (χ3v) is 5.27. The van der Waals surface area contributed by atoms with Gasteiger partial charge in [-0.1, -0.05) is 31.9 Å². The number of hydrogen-bond donors (Lipinski definition) is 4. The predicted octanol–water partition coefficient (Wildman–Crippen LogP) is -1.92. The van der Waals surface area contributed by atoms with Crippen LogP contribution >= 0.6 is 31.9 Å². The van der Waals surface area contributed by atoms with Crippen molar-refractivity contribution in [3.05, 3.63) is 0 Å². The van der Waals surface area contributed by atoms with Gasteiger partial charge in [0.1, 0.15) is 18.9 Å². The molecule has 0 aliphatic carbocycles. The summed E-state index contributed by atoms with van der Waals surface area (Å²) in [5, 5.41) is 10.5. The number of rotatable bonds is 22. The highest BCUT2D eigenvalue weighted by atomic mass is 79.9. The summed E-state index contributed by atoms with van der Waals surface area (Å²) in [5.41, 5.74) is 0. The standard InChI is InChI=1S/C20H33Br2N5O8/c21-12-17(30)24-3-6-27(7-4-25-18(31)13-22)20(33)16(2-1-8-28)26-19(32)14-35-11-10-34-9-5-23-15-29/h8,15-16H,1-7,9-14H2,(H,23,29)(H,24,30)(H,25,31)(H,26,32). The zero-order chi connectivity index (χ0) is 26.3. The Hall–Kier alpha value is -2.10. The summed E-state index contributed by atoms with van der Waals surface area (Å²) >= 11 is 6.08. The smallest absolute Gasteiger partial charge is 0.246 e. The molecule has 0 fully saturated rings. The van der Waals surface area contributed by atoms with Crippen molar-refractivity contribution in [3.63, 3.8) is 0 Å². The quantitative estimate of drug-likeness (QED) is 0.0609. The van der Waals surface area contributed by atoms with Crippen molar-refractivity contribution < 1.29 is 38.2 Å². The Morgan fingerprint density at radius 2 is 1.43 bits per heavy atom. The normalized spacial score (nSPS) is 11.1. The molecule has 200 valence electrons. The summed E-state index contributed by atoms with van der Waals surface area (Å²) in [6, 6.07) is -0.985. The van der Waals surface area contributed by atoms with Gasteiger partial charge >= 0.3 is 0 Å². The SMILES string of the molecule is O=CCCC(NC(=O)COCCOCCNC=O)C(=O)N(CCNC(=O)CBr)CCNC(=O)CBr. The zero-order valence-electron chi connectivity index (χ0n) is 19.4. The van der Waals surface area contributed by atoms with E-state index in [9.17, 15) is 28.8 Å². The van der Waals surface area contributed by atoms with Gasteiger partial charge in [0, 0.05) is 39.1 Å². The van der Waals surface area contributed by atoms with E-state index in [1.807, 2.05) is 0 Å². The molecule has 1 atom stereocenters. The largest absolute Gasteiger partial charge is 0.377 e. The lowest BCUT2D eigenvalue weighted by atomic mass is 10.1. The average molecular weight is 631 g/mol. The lowest BCUT2D eigenvalue weighted by molar-refractivity contribution is -0.138. The van der Waals surface area contributed by atoms with E-state index in [4.69, 9.17) is 9.47 Å². The Bertz CT molecular complexity index is 649. The summed E-state index contributed by atoms with van der Waals surface area (Å²) in [4.78, 5) is 70.8. The van der Waals surface area contributed by atoms with Gasteiger partial charge in [0.25, 0.3) is 0 Å². The van der Waals surface area contributed by atoms with Crippen LogP contribution in [-0.2, 0) is 38.2 Å². The molecular formula is C20H33Br2N5O8. The Labute approximate surface area is 221 Å². The molecule has 0 aliphatic rings. The number of alkyl halides is 2. The van der Waals surface area contributed by atoms with Gasteiger partial charge in [-0.2, -0.15) is 0 Å². The highest BCUT2D eigenvalue weighted by Gasteiger charge is 2.25. The molecule has 0 aliphatic heterocycles. The van der Waals surface area contributed by atoms with Crippen LogP contribution in [0.2, 0.25) is 0 Å². The lowest BCUT2D eigenvalue weighted by Gasteiger charge is -2.28. The Kier molecular flexibility index (Phi) is 21.0. The van der Waals surface area contributed by atoms with Crippen LogP contribution in [0, 0.1) is 0 Å². The van der Waals surface area contributed by atoms with Crippen molar-refractivity contribution in [1.82, 2.24) is 26.2 Å². The highest BCUT2D eigenvalue weighted by molar-refractivity contribution is 9.09. The second kappa shape index (κ2) is 22.4. The van der Waals surface area contributed by atoms with Crippen LogP contribution in [0.3, 0.4) is 0 Å². The number of ether oxygens (including phenoxy) is 2. The first-order chi connectivity index (χ1) is 16.9. The van der Waals surface area contributed by atoms with E-state index in [0.717, 1.165) is 0 Å². The molecule has 0 radical (unpaired) electrons. The van der Waals surface area contributed by atoms with Crippen molar-refractivity contribution in [2.75, 3.05) is 69.8 Å². The van der Waals surface area contributed by atoms with E-state index in [0.29, 0.717) is 25.8 Å². The number of nitrogens with zero attached hydrogens (tertiary/aromatic N) is 1. The minimum atomic E-state index is -0.985. The maximum Gasteiger partial charge on any atom is 0.246 e. The zero-order valence-corrected chi connectivity index (χ0v) is 22.6. The average Bonchev–Trinajstić information content (AvgIpc) is 2.86. The predicted molar refractivity (Wildman–Crippen MR) is 133 cm³/mol. The number of carbonyl (C=O) groups is 6. The molecule has 0 aromatic rings. The number of amides is 5. The molecule has 4 N–H and O–H groups in total. The monoisotopic (exact) mass is 629 g/mol. The van der Waals surface area contributed by atoms with Gasteiger partial charge in [-0.15, -0.1) is 0 Å². The Morgan fingerprint density at radius 1 is 0.829 bits per heavy atom. The molecule has 0 aromatic heterocycles. The van der Waals surface area contributed by atoms with Crippen LogP contribution in [-0.4, -0.2) is 117 Å². The molecule has 5 amide bonds. The fourth-order valence-corrected chi connectivity index (χ4v) is 3.01. The summed E-state index contributed by atoms with van der Waals surface area (Å²) in [5.74, 6) is -1.50. The second-order valence-electron chi connectivity index (χ2n) is 6.89. The molecule has 1 unspecified atom stereocenters. The molecule has 0 saturated carbocycles. The van der Waals surface area contributed by atoms with E-state index in [2.05, 4.69) is 53.1 Å². The van der Waals surface area contributed by atoms with Crippen LogP contribution < -0.4 is 21.3 Å². The van der Waals surface area contributed by atoms with Crippen molar-refractivity contribution in [2.45, 2.75) is 18.9 Å². The van der Waals surface area contributed by atoms with Crippen LogP contribution in [0.4, 0.5) is 0 Å². The molecule has 0 saturated heterocycles. The summed E-state index contributed by atoms with van der Waals surface area (Å²) in [7, 11) is 0. The van der Waals surface area contributed by atoms with Crippen molar-refractivity contribution >= 4 is 68.2 Å². The van der Waals surface area contributed by atoms with Crippen molar-refractivity contribution in [1.29, 1.82) is 0 Å². The number of nitrogens with one attached hydrogen (secondary N) is 4. The highest BCUT2D eigenvalue weighted by Crippen LogP contribution is 2.03.